The van der Waals surface area contributed by atoms with Crippen LogP contribution in [0.1, 0.15) is 0 Å². The lowest BCUT2D eigenvalue weighted by atomic mass is 9.98. The van der Waals surface area contributed by atoms with Gasteiger partial charge in [-0.25, -0.2) is 29.9 Å². The lowest BCUT2D eigenvalue weighted by Gasteiger charge is -2.10. The SMILES string of the molecule is c1ccc(-c2nc(-c3ccccc3)nc(-c3cccc4oc5ccc(-c6ccc7c8cc(-c9ccc%10c%11ccccc%11n(-c%11ccccc%11)c%10c9)ccc8n(-c8ccccc8)c7c6)cc5c34)n2)cc1.c1ccc(-c2nc(-c3ccccc3)nc(-c3cccc4oc5ccc(-c6ccc7c8cc(-c9ccc%10c(c9)c9ccccc9n%10-c9ccccc9)ccc8n(-c8ccccc8)c7c6)cc5c34)n2)cc1. The first kappa shape index (κ1) is 79.0. The van der Waals surface area contributed by atoms with Crippen LogP contribution < -0.4 is 0 Å². The van der Waals surface area contributed by atoms with Crippen molar-refractivity contribution in [1.29, 1.82) is 0 Å². The van der Waals surface area contributed by atoms with Crippen LogP contribution in [0, 0.1) is 0 Å². The Morgan fingerprint density at radius 3 is 0.696 bits per heavy atom. The van der Waals surface area contributed by atoms with Crippen LogP contribution in [0.15, 0.2) is 482 Å². The molecule has 28 aromatic rings. The van der Waals surface area contributed by atoms with Crippen molar-refractivity contribution < 1.29 is 8.83 Å². The van der Waals surface area contributed by atoms with E-state index in [1.165, 1.54) is 87.4 Å². The second-order valence-electron chi connectivity index (χ2n) is 35.2. The molecule has 28 rings (SSSR count). The van der Waals surface area contributed by atoms with Gasteiger partial charge in [-0.15, -0.1) is 0 Å². The summed E-state index contributed by atoms with van der Waals surface area (Å²) in [6.45, 7) is 0. The minimum absolute atomic E-state index is 0.591. The average molecular weight is 1760 g/mol. The van der Waals surface area contributed by atoms with E-state index < -0.39 is 0 Å². The van der Waals surface area contributed by atoms with E-state index in [-0.39, 0.29) is 0 Å². The molecular formula is C126H78N10O2. The summed E-state index contributed by atoms with van der Waals surface area (Å²) in [6.07, 6.45) is 0. The average Bonchev–Trinajstić information content (AvgIpc) is 1.57. The van der Waals surface area contributed by atoms with Crippen LogP contribution in [-0.2, 0) is 0 Å². The quantitative estimate of drug-likeness (QED) is 0.105. The molecule has 12 nitrogen and oxygen atoms in total. The Morgan fingerprint density at radius 2 is 0.370 bits per heavy atom. The number of furan rings is 2. The highest BCUT2D eigenvalue weighted by atomic mass is 16.3. The number of nitrogens with zero attached hydrogens (tertiary/aromatic N) is 10. The first-order valence-corrected chi connectivity index (χ1v) is 46.5. The van der Waals surface area contributed by atoms with Gasteiger partial charge in [-0.2, -0.15) is 0 Å². The number of hydrogen-bond acceptors (Lipinski definition) is 8. The monoisotopic (exact) mass is 1760 g/mol. The number of hydrogen-bond donors (Lipinski definition) is 0. The van der Waals surface area contributed by atoms with Crippen molar-refractivity contribution in [3.8, 4) is 136 Å². The summed E-state index contributed by atoms with van der Waals surface area (Å²) in [4.78, 5) is 30.3. The van der Waals surface area contributed by atoms with Crippen molar-refractivity contribution in [2.75, 3.05) is 0 Å². The smallest absolute Gasteiger partial charge is 0.164 e. The van der Waals surface area contributed by atoms with Gasteiger partial charge in [-0.3, -0.25) is 0 Å². The van der Waals surface area contributed by atoms with Crippen molar-refractivity contribution in [3.05, 3.63) is 473 Å². The van der Waals surface area contributed by atoms with Gasteiger partial charge in [-0.05, 0) is 196 Å². The fourth-order valence-electron chi connectivity index (χ4n) is 20.7. The Bertz CT molecular complexity index is 9570. The largest absolute Gasteiger partial charge is 0.456 e. The summed E-state index contributed by atoms with van der Waals surface area (Å²) in [5.74, 6) is 3.65. The third-order valence-corrected chi connectivity index (χ3v) is 27.1. The number of benzene rings is 20. The van der Waals surface area contributed by atoms with Gasteiger partial charge in [-0.1, -0.05) is 322 Å². The maximum absolute atomic E-state index is 6.56. The van der Waals surface area contributed by atoms with E-state index in [4.69, 9.17) is 38.7 Å². The van der Waals surface area contributed by atoms with Gasteiger partial charge in [0.05, 0.1) is 44.1 Å². The molecule has 0 N–H and O–H groups in total. The standard InChI is InChI=1S/2C63H39N5O/c1-5-16-40(17-6-1)61-64-62(41-18-7-2-8-19-41)66-63(65-61)51-25-15-27-59-60(51)53-37-43(31-35-58(53)69-59)45-29-33-50-52-36-42(30-34-55(52)68(57(50)39-45)47-22-11-4-12-23-47)44-28-32-49-48-24-13-14-26-54(48)67(56(49)38-44)46-20-9-3-10-21-46;1-5-16-40(17-6-1)61-64-62(41-18-7-2-8-19-41)66-63(65-61)50-25-15-27-59-60(50)53-38-44(31-35-58(53)69-59)45-28-32-49-52-37-43(30-34-56(52)68(57(49)39-45)47-22-11-4-12-23-47)42-29-33-55-51(36-42)48-24-13-14-26-54(48)67(55)46-20-9-3-10-21-46/h2*1-39H. The van der Waals surface area contributed by atoms with Crippen molar-refractivity contribution >= 4 is 131 Å². The van der Waals surface area contributed by atoms with Crippen molar-refractivity contribution in [3.63, 3.8) is 0 Å². The Kier molecular flexibility index (Phi) is 18.7. The van der Waals surface area contributed by atoms with Crippen LogP contribution >= 0.6 is 0 Å². The van der Waals surface area contributed by atoms with Gasteiger partial charge < -0.3 is 27.1 Å². The number of rotatable bonds is 14. The van der Waals surface area contributed by atoms with Crippen molar-refractivity contribution in [2.45, 2.75) is 0 Å². The number of para-hydroxylation sites is 6. The molecule has 0 spiro atoms. The molecule has 0 saturated heterocycles. The Hall–Kier alpha value is -18.8. The third kappa shape index (κ3) is 13.4. The third-order valence-electron chi connectivity index (χ3n) is 27.1. The van der Waals surface area contributed by atoms with E-state index in [1.807, 2.05) is 146 Å². The lowest BCUT2D eigenvalue weighted by molar-refractivity contribution is 0.668. The molecule has 0 atom stereocenters. The highest BCUT2D eigenvalue weighted by molar-refractivity contribution is 6.19. The summed E-state index contributed by atoms with van der Waals surface area (Å²) < 4.78 is 22.7. The van der Waals surface area contributed by atoms with E-state index in [0.717, 1.165) is 144 Å². The van der Waals surface area contributed by atoms with Crippen molar-refractivity contribution in [2.24, 2.45) is 0 Å². The first-order chi connectivity index (χ1) is 68.4. The van der Waals surface area contributed by atoms with Crippen LogP contribution in [0.5, 0.6) is 0 Å². The first-order valence-electron chi connectivity index (χ1n) is 46.5. The molecule has 8 heterocycles. The molecule has 0 radical (unpaired) electrons. The predicted octanol–water partition coefficient (Wildman–Crippen LogP) is 32.6. The van der Waals surface area contributed by atoms with Crippen LogP contribution in [0.25, 0.3) is 267 Å². The van der Waals surface area contributed by atoms with E-state index in [1.54, 1.807) is 0 Å². The molecule has 12 heteroatoms. The van der Waals surface area contributed by atoms with Gasteiger partial charge in [0.2, 0.25) is 0 Å². The van der Waals surface area contributed by atoms with Crippen molar-refractivity contribution in [1.82, 2.24) is 48.2 Å². The molecule has 0 aliphatic rings. The highest BCUT2D eigenvalue weighted by Crippen LogP contribution is 2.47. The molecule has 20 aromatic carbocycles. The minimum Gasteiger partial charge on any atom is -0.456 e. The summed E-state index contributed by atoms with van der Waals surface area (Å²) in [5.41, 5.74) is 31.6. The zero-order valence-electron chi connectivity index (χ0n) is 74.3. The molecule has 0 unspecified atom stereocenters. The molecule has 644 valence electrons. The van der Waals surface area contributed by atoms with Crippen LogP contribution in [0.4, 0.5) is 0 Å². The van der Waals surface area contributed by atoms with E-state index in [0.29, 0.717) is 34.9 Å². The van der Waals surface area contributed by atoms with Gasteiger partial charge in [0.15, 0.2) is 34.9 Å². The molecule has 0 saturated carbocycles. The summed E-state index contributed by atoms with van der Waals surface area (Å²) in [5, 5.41) is 13.7. The van der Waals surface area contributed by atoms with E-state index in [9.17, 15) is 0 Å². The number of fused-ring (bicyclic) bond motifs is 18. The molecule has 0 aliphatic carbocycles. The summed E-state index contributed by atoms with van der Waals surface area (Å²) in [6, 6.07) is 167. The fraction of sp³-hybridized carbons (Fsp3) is 0. The van der Waals surface area contributed by atoms with Crippen LogP contribution in [0.3, 0.4) is 0 Å². The molecule has 0 fully saturated rings. The Morgan fingerprint density at radius 1 is 0.138 bits per heavy atom. The predicted molar refractivity (Wildman–Crippen MR) is 566 cm³/mol. The zero-order valence-corrected chi connectivity index (χ0v) is 74.3. The number of aromatic nitrogens is 10. The molecule has 0 aliphatic heterocycles. The highest BCUT2D eigenvalue weighted by Gasteiger charge is 2.26. The summed E-state index contributed by atoms with van der Waals surface area (Å²) in [7, 11) is 0. The molecular weight excluding hydrogens is 1690 g/mol. The molecule has 138 heavy (non-hydrogen) atoms. The van der Waals surface area contributed by atoms with Gasteiger partial charge in [0.1, 0.15) is 22.3 Å². The topological polar surface area (TPSA) is 123 Å². The maximum atomic E-state index is 6.56. The second-order valence-corrected chi connectivity index (χ2v) is 35.2. The molecule has 0 amide bonds. The van der Waals surface area contributed by atoms with E-state index >= 15 is 0 Å². The zero-order chi connectivity index (χ0) is 90.8. The maximum Gasteiger partial charge on any atom is 0.164 e. The Balaban J connectivity index is 0.000000139. The van der Waals surface area contributed by atoms with Gasteiger partial charge in [0, 0.05) is 121 Å². The summed E-state index contributed by atoms with van der Waals surface area (Å²) >= 11 is 0. The molecule has 8 aromatic heterocycles. The second kappa shape index (κ2) is 32.6. The normalized spacial score (nSPS) is 11.8. The Labute approximate surface area is 791 Å². The van der Waals surface area contributed by atoms with Gasteiger partial charge >= 0.3 is 0 Å². The van der Waals surface area contributed by atoms with Crippen LogP contribution in [-0.4, -0.2) is 48.2 Å². The minimum atomic E-state index is 0.591. The lowest BCUT2D eigenvalue weighted by Crippen LogP contribution is -2.00. The van der Waals surface area contributed by atoms with Crippen LogP contribution in [0.2, 0.25) is 0 Å². The molecule has 0 bridgehead atoms. The van der Waals surface area contributed by atoms with E-state index in [2.05, 4.69) is 346 Å². The van der Waals surface area contributed by atoms with Gasteiger partial charge in [0.25, 0.3) is 0 Å². The fourth-order valence-corrected chi connectivity index (χ4v) is 20.7.